The number of rotatable bonds is 5. The van der Waals surface area contributed by atoms with Gasteiger partial charge in [-0.25, -0.2) is 17.5 Å². The van der Waals surface area contributed by atoms with Gasteiger partial charge in [0.15, 0.2) is 0 Å². The quantitative estimate of drug-likeness (QED) is 0.844. The number of halogens is 2. The maximum atomic E-state index is 13.4. The first-order valence-electron chi connectivity index (χ1n) is 8.07. The molecule has 1 fully saturated rings. The number of carbonyl (C=O) groups is 1. The molecule has 2 aromatic rings. The van der Waals surface area contributed by atoms with Gasteiger partial charge in [-0.3, -0.25) is 4.79 Å². The predicted molar refractivity (Wildman–Crippen MR) is 99.1 cm³/mol. The van der Waals surface area contributed by atoms with E-state index in [1.54, 1.807) is 37.3 Å². The van der Waals surface area contributed by atoms with Crippen molar-refractivity contribution in [2.75, 3.05) is 11.4 Å². The lowest BCUT2D eigenvalue weighted by Gasteiger charge is -2.18. The third-order valence-corrected chi connectivity index (χ3v) is 5.82. The van der Waals surface area contributed by atoms with Gasteiger partial charge >= 0.3 is 0 Å². The largest absolute Gasteiger partial charge is 0.311 e. The standard InChI is InChI=1S/C18H18ClFN2O3S/c1-12-9-15(5-6-16(12)20)22-8-7-17(18(22)23)21-26(24,25)11-13-3-2-4-14(19)10-13/h2-6,9-10,17,21H,7-8,11H2,1H3/t17-/m0/s1. The zero-order chi connectivity index (χ0) is 18.9. The molecule has 0 radical (unpaired) electrons. The first-order chi connectivity index (χ1) is 12.2. The van der Waals surface area contributed by atoms with Crippen LogP contribution in [0.2, 0.25) is 5.02 Å². The Morgan fingerprint density at radius 1 is 1.27 bits per heavy atom. The fraction of sp³-hybridized carbons (Fsp3) is 0.278. The van der Waals surface area contributed by atoms with Crippen LogP contribution in [0.25, 0.3) is 0 Å². The van der Waals surface area contributed by atoms with Gasteiger partial charge in [-0.05, 0) is 54.8 Å². The molecule has 0 saturated carbocycles. The second-order valence-electron chi connectivity index (χ2n) is 6.27. The van der Waals surface area contributed by atoms with E-state index in [0.717, 1.165) is 0 Å². The van der Waals surface area contributed by atoms with E-state index in [0.29, 0.717) is 34.8 Å². The first kappa shape index (κ1) is 18.8. The van der Waals surface area contributed by atoms with Crippen LogP contribution < -0.4 is 9.62 Å². The average molecular weight is 397 g/mol. The molecule has 0 bridgehead atoms. The van der Waals surface area contributed by atoms with Gasteiger partial charge in [-0.2, -0.15) is 0 Å². The number of amides is 1. The van der Waals surface area contributed by atoms with Crippen molar-refractivity contribution in [1.29, 1.82) is 0 Å². The van der Waals surface area contributed by atoms with Crippen molar-refractivity contribution in [3.63, 3.8) is 0 Å². The maximum Gasteiger partial charge on any atom is 0.245 e. The molecular formula is C18H18ClFN2O3S. The van der Waals surface area contributed by atoms with Crippen LogP contribution in [0.4, 0.5) is 10.1 Å². The Balaban J connectivity index is 1.70. The van der Waals surface area contributed by atoms with Crippen molar-refractivity contribution in [3.05, 3.63) is 64.4 Å². The van der Waals surface area contributed by atoms with Crippen LogP contribution in [-0.2, 0) is 20.6 Å². The summed E-state index contributed by atoms with van der Waals surface area (Å²) < 4.78 is 40.6. The van der Waals surface area contributed by atoms with Gasteiger partial charge in [0.2, 0.25) is 15.9 Å². The van der Waals surface area contributed by atoms with Gasteiger partial charge in [-0.1, -0.05) is 23.7 Å². The summed E-state index contributed by atoms with van der Waals surface area (Å²) in [6.45, 7) is 1.98. The second kappa shape index (κ2) is 7.34. The number of benzene rings is 2. The number of hydrogen-bond donors (Lipinski definition) is 1. The van der Waals surface area contributed by atoms with E-state index in [4.69, 9.17) is 11.6 Å². The van der Waals surface area contributed by atoms with Crippen LogP contribution in [0.15, 0.2) is 42.5 Å². The number of carbonyl (C=O) groups excluding carboxylic acids is 1. The van der Waals surface area contributed by atoms with E-state index >= 15 is 0 Å². The maximum absolute atomic E-state index is 13.4. The van der Waals surface area contributed by atoms with E-state index in [1.165, 1.54) is 17.0 Å². The van der Waals surface area contributed by atoms with Gasteiger partial charge in [0.1, 0.15) is 11.9 Å². The Kier molecular flexibility index (Phi) is 5.32. The Bertz CT molecular complexity index is 949. The van der Waals surface area contributed by atoms with Crippen LogP contribution in [0.3, 0.4) is 0 Å². The van der Waals surface area contributed by atoms with Crippen molar-refractivity contribution >= 4 is 33.2 Å². The molecule has 1 amide bonds. The highest BCUT2D eigenvalue weighted by Gasteiger charge is 2.35. The number of aryl methyl sites for hydroxylation is 1. The first-order valence-corrected chi connectivity index (χ1v) is 10.1. The summed E-state index contributed by atoms with van der Waals surface area (Å²) in [4.78, 5) is 14.0. The molecule has 0 aliphatic carbocycles. The highest BCUT2D eigenvalue weighted by Crippen LogP contribution is 2.24. The minimum absolute atomic E-state index is 0.257. The molecule has 1 N–H and O–H groups in total. The third kappa shape index (κ3) is 4.23. The van der Waals surface area contributed by atoms with Crippen molar-refractivity contribution in [2.24, 2.45) is 0 Å². The Labute approximate surface area is 156 Å². The number of nitrogens with zero attached hydrogens (tertiary/aromatic N) is 1. The lowest BCUT2D eigenvalue weighted by atomic mass is 10.2. The summed E-state index contributed by atoms with van der Waals surface area (Å²) in [5.74, 6) is -0.947. The number of hydrogen-bond acceptors (Lipinski definition) is 3. The second-order valence-corrected chi connectivity index (χ2v) is 8.46. The smallest absolute Gasteiger partial charge is 0.245 e. The Morgan fingerprint density at radius 2 is 2.04 bits per heavy atom. The average Bonchev–Trinajstić information content (AvgIpc) is 2.90. The fourth-order valence-electron chi connectivity index (χ4n) is 2.95. The Morgan fingerprint density at radius 3 is 2.73 bits per heavy atom. The molecule has 0 spiro atoms. The summed E-state index contributed by atoms with van der Waals surface area (Å²) in [6.07, 6.45) is 0.351. The Hall–Kier alpha value is -1.96. The van der Waals surface area contributed by atoms with E-state index < -0.39 is 16.1 Å². The van der Waals surface area contributed by atoms with Crippen molar-refractivity contribution < 1.29 is 17.6 Å². The third-order valence-electron chi connectivity index (χ3n) is 4.23. The summed E-state index contributed by atoms with van der Waals surface area (Å²) in [5, 5.41) is 0.451. The SMILES string of the molecule is Cc1cc(N2CC[C@H](NS(=O)(=O)Cc3cccc(Cl)c3)C2=O)ccc1F. The molecule has 1 saturated heterocycles. The number of sulfonamides is 1. The summed E-state index contributed by atoms with van der Waals surface area (Å²) in [6, 6.07) is 10.1. The molecule has 1 aliphatic heterocycles. The van der Waals surface area contributed by atoms with Gasteiger partial charge in [-0.15, -0.1) is 0 Å². The van der Waals surface area contributed by atoms with Crippen LogP contribution >= 0.6 is 11.6 Å². The zero-order valence-corrected chi connectivity index (χ0v) is 15.6. The van der Waals surface area contributed by atoms with Crippen molar-refractivity contribution in [1.82, 2.24) is 4.72 Å². The summed E-state index contributed by atoms with van der Waals surface area (Å²) in [7, 11) is -3.70. The molecule has 26 heavy (non-hydrogen) atoms. The predicted octanol–water partition coefficient (Wildman–Crippen LogP) is 3.01. The van der Waals surface area contributed by atoms with Gasteiger partial charge < -0.3 is 4.90 Å². The highest BCUT2D eigenvalue weighted by atomic mass is 35.5. The lowest BCUT2D eigenvalue weighted by Crippen LogP contribution is -2.42. The molecule has 138 valence electrons. The zero-order valence-electron chi connectivity index (χ0n) is 14.1. The molecule has 8 heteroatoms. The molecule has 5 nitrogen and oxygen atoms in total. The lowest BCUT2D eigenvalue weighted by molar-refractivity contribution is -0.118. The highest BCUT2D eigenvalue weighted by molar-refractivity contribution is 7.88. The molecule has 1 atom stereocenters. The fourth-order valence-corrected chi connectivity index (χ4v) is 4.51. The monoisotopic (exact) mass is 396 g/mol. The van der Waals surface area contributed by atoms with Crippen molar-refractivity contribution in [3.8, 4) is 0 Å². The molecular weight excluding hydrogens is 379 g/mol. The minimum Gasteiger partial charge on any atom is -0.311 e. The van der Waals surface area contributed by atoms with Gasteiger partial charge in [0.25, 0.3) is 0 Å². The number of nitrogens with one attached hydrogen (secondary N) is 1. The minimum atomic E-state index is -3.70. The topological polar surface area (TPSA) is 66.5 Å². The molecule has 2 aromatic carbocycles. The van der Waals surface area contributed by atoms with E-state index in [2.05, 4.69) is 4.72 Å². The van der Waals surface area contributed by atoms with Crippen LogP contribution in [0, 0.1) is 12.7 Å². The van der Waals surface area contributed by atoms with Gasteiger partial charge in [0, 0.05) is 17.3 Å². The van der Waals surface area contributed by atoms with E-state index in [9.17, 15) is 17.6 Å². The van der Waals surface area contributed by atoms with Crippen LogP contribution in [0.1, 0.15) is 17.5 Å². The normalized spacial score (nSPS) is 17.7. The van der Waals surface area contributed by atoms with Gasteiger partial charge in [0.05, 0.1) is 5.75 Å². The summed E-state index contributed by atoms with van der Waals surface area (Å²) >= 11 is 5.88. The number of anilines is 1. The molecule has 1 aliphatic rings. The molecule has 0 aromatic heterocycles. The van der Waals surface area contributed by atoms with Crippen molar-refractivity contribution in [2.45, 2.75) is 25.1 Å². The van der Waals surface area contributed by atoms with Crippen LogP contribution in [0.5, 0.6) is 0 Å². The summed E-state index contributed by atoms with van der Waals surface area (Å²) in [5.41, 5.74) is 1.53. The van der Waals surface area contributed by atoms with Crippen LogP contribution in [-0.4, -0.2) is 26.9 Å². The van der Waals surface area contributed by atoms with E-state index in [1.807, 2.05) is 0 Å². The molecule has 1 heterocycles. The molecule has 0 unspecified atom stereocenters. The van der Waals surface area contributed by atoms with E-state index in [-0.39, 0.29) is 17.5 Å². The molecule has 3 rings (SSSR count).